The first-order chi connectivity index (χ1) is 9.67. The van der Waals surface area contributed by atoms with Gasteiger partial charge in [-0.1, -0.05) is 6.92 Å². The van der Waals surface area contributed by atoms with Gasteiger partial charge in [0.15, 0.2) is 0 Å². The van der Waals surface area contributed by atoms with Crippen LogP contribution in [0.15, 0.2) is 18.3 Å². The van der Waals surface area contributed by atoms with Gasteiger partial charge in [-0.25, -0.2) is 15.0 Å². The van der Waals surface area contributed by atoms with Crippen LogP contribution in [-0.2, 0) is 6.54 Å². The first-order valence-corrected chi connectivity index (χ1v) is 6.79. The molecule has 20 heavy (non-hydrogen) atoms. The molecule has 6 heteroatoms. The quantitative estimate of drug-likeness (QED) is 0.840. The van der Waals surface area contributed by atoms with Crippen LogP contribution in [0.5, 0.6) is 0 Å². The van der Waals surface area contributed by atoms with E-state index in [1.54, 1.807) is 6.20 Å². The van der Waals surface area contributed by atoms with Gasteiger partial charge in [0.05, 0.1) is 12.2 Å². The molecule has 0 unspecified atom stereocenters. The maximum Gasteiger partial charge on any atom is 0.224 e. The highest BCUT2D eigenvalue weighted by atomic mass is 15.1. The minimum Gasteiger partial charge on any atom is -0.364 e. The van der Waals surface area contributed by atoms with Crippen molar-refractivity contribution in [2.24, 2.45) is 0 Å². The first-order valence-electron chi connectivity index (χ1n) is 6.79. The van der Waals surface area contributed by atoms with E-state index in [1.807, 2.05) is 26.0 Å². The molecular formula is C14H20N6. The maximum atomic E-state index is 4.43. The van der Waals surface area contributed by atoms with Crippen LogP contribution in [0, 0.1) is 13.8 Å². The Morgan fingerprint density at radius 1 is 1.10 bits per heavy atom. The second kappa shape index (κ2) is 6.79. The molecule has 0 radical (unpaired) electrons. The standard InChI is InChI=1S/C14H20N6/c1-4-6-16-14-18-10(2)8-13(20-14)17-9-12-5-7-15-11(3)19-12/h5,7-8H,4,6,9H2,1-3H3,(H2,16,17,18,20). The van der Waals surface area contributed by atoms with E-state index in [-0.39, 0.29) is 0 Å². The molecule has 0 aliphatic carbocycles. The molecule has 0 spiro atoms. The fourth-order valence-corrected chi connectivity index (χ4v) is 1.76. The number of rotatable bonds is 6. The van der Waals surface area contributed by atoms with Crippen molar-refractivity contribution in [2.45, 2.75) is 33.7 Å². The monoisotopic (exact) mass is 272 g/mol. The third kappa shape index (κ3) is 4.15. The third-order valence-electron chi connectivity index (χ3n) is 2.67. The van der Waals surface area contributed by atoms with Crippen LogP contribution in [0.1, 0.15) is 30.6 Å². The highest BCUT2D eigenvalue weighted by Gasteiger charge is 2.02. The fraction of sp³-hybridized carbons (Fsp3) is 0.429. The lowest BCUT2D eigenvalue weighted by Gasteiger charge is -2.09. The molecule has 2 aromatic heterocycles. The van der Waals surface area contributed by atoms with Crippen LogP contribution in [0.4, 0.5) is 11.8 Å². The van der Waals surface area contributed by atoms with Crippen molar-refractivity contribution in [3.05, 3.63) is 35.5 Å². The van der Waals surface area contributed by atoms with Gasteiger partial charge in [-0.15, -0.1) is 0 Å². The third-order valence-corrected chi connectivity index (χ3v) is 2.67. The van der Waals surface area contributed by atoms with Gasteiger partial charge in [0.2, 0.25) is 5.95 Å². The average Bonchev–Trinajstić information content (AvgIpc) is 2.42. The molecule has 2 aromatic rings. The topological polar surface area (TPSA) is 75.6 Å². The summed E-state index contributed by atoms with van der Waals surface area (Å²) in [7, 11) is 0. The fourth-order valence-electron chi connectivity index (χ4n) is 1.76. The highest BCUT2D eigenvalue weighted by Crippen LogP contribution is 2.10. The van der Waals surface area contributed by atoms with Crippen molar-refractivity contribution in [2.75, 3.05) is 17.2 Å². The Labute approximate surface area is 119 Å². The van der Waals surface area contributed by atoms with E-state index in [9.17, 15) is 0 Å². The van der Waals surface area contributed by atoms with Crippen molar-refractivity contribution in [1.82, 2.24) is 19.9 Å². The van der Waals surface area contributed by atoms with Gasteiger partial charge in [0.25, 0.3) is 0 Å². The van der Waals surface area contributed by atoms with Crippen LogP contribution >= 0.6 is 0 Å². The summed E-state index contributed by atoms with van der Waals surface area (Å²) in [6.07, 6.45) is 2.80. The van der Waals surface area contributed by atoms with E-state index < -0.39 is 0 Å². The summed E-state index contributed by atoms with van der Waals surface area (Å²) in [5, 5.41) is 6.46. The molecule has 106 valence electrons. The van der Waals surface area contributed by atoms with E-state index in [2.05, 4.69) is 37.5 Å². The summed E-state index contributed by atoms with van der Waals surface area (Å²) >= 11 is 0. The largest absolute Gasteiger partial charge is 0.364 e. The highest BCUT2D eigenvalue weighted by molar-refractivity contribution is 5.42. The summed E-state index contributed by atoms with van der Waals surface area (Å²) in [4.78, 5) is 17.2. The van der Waals surface area contributed by atoms with E-state index >= 15 is 0 Å². The Kier molecular flexibility index (Phi) is 4.81. The molecule has 2 N–H and O–H groups in total. The van der Waals surface area contributed by atoms with Crippen molar-refractivity contribution in [3.63, 3.8) is 0 Å². The molecule has 0 saturated carbocycles. The molecule has 0 aliphatic heterocycles. The summed E-state index contributed by atoms with van der Waals surface area (Å²) in [6.45, 7) is 7.43. The Morgan fingerprint density at radius 2 is 1.95 bits per heavy atom. The van der Waals surface area contributed by atoms with Gasteiger partial charge in [-0.3, -0.25) is 0 Å². The lowest BCUT2D eigenvalue weighted by atomic mass is 10.3. The molecule has 0 saturated heterocycles. The van der Waals surface area contributed by atoms with Crippen LogP contribution in [0.2, 0.25) is 0 Å². The minimum atomic E-state index is 0.618. The van der Waals surface area contributed by atoms with Gasteiger partial charge >= 0.3 is 0 Å². The normalized spacial score (nSPS) is 10.3. The summed E-state index contributed by atoms with van der Waals surface area (Å²) in [5.74, 6) is 2.23. The number of anilines is 2. The summed E-state index contributed by atoms with van der Waals surface area (Å²) in [5.41, 5.74) is 1.87. The molecule has 0 aromatic carbocycles. The molecular weight excluding hydrogens is 252 g/mol. The Hall–Kier alpha value is -2.24. The van der Waals surface area contributed by atoms with Crippen LogP contribution in [0.3, 0.4) is 0 Å². The second-order valence-electron chi connectivity index (χ2n) is 4.59. The molecule has 0 fully saturated rings. The minimum absolute atomic E-state index is 0.618. The van der Waals surface area contributed by atoms with Gasteiger partial charge in [-0.05, 0) is 26.3 Å². The smallest absolute Gasteiger partial charge is 0.224 e. The van der Waals surface area contributed by atoms with E-state index in [0.717, 1.165) is 36.0 Å². The van der Waals surface area contributed by atoms with Crippen LogP contribution in [-0.4, -0.2) is 26.5 Å². The Bertz CT molecular complexity index is 569. The number of nitrogens with zero attached hydrogens (tertiary/aromatic N) is 4. The number of hydrogen-bond donors (Lipinski definition) is 2. The number of hydrogen-bond acceptors (Lipinski definition) is 6. The molecule has 0 amide bonds. The van der Waals surface area contributed by atoms with Crippen molar-refractivity contribution >= 4 is 11.8 Å². The van der Waals surface area contributed by atoms with Gasteiger partial charge in [0.1, 0.15) is 11.6 Å². The van der Waals surface area contributed by atoms with Gasteiger partial charge in [0, 0.05) is 24.5 Å². The molecule has 0 aliphatic rings. The Balaban J connectivity index is 2.03. The van der Waals surface area contributed by atoms with Gasteiger partial charge in [-0.2, -0.15) is 4.98 Å². The van der Waals surface area contributed by atoms with Crippen molar-refractivity contribution in [1.29, 1.82) is 0 Å². The second-order valence-corrected chi connectivity index (χ2v) is 4.59. The van der Waals surface area contributed by atoms with Crippen LogP contribution in [0.25, 0.3) is 0 Å². The summed E-state index contributed by atoms with van der Waals surface area (Å²) in [6, 6.07) is 3.81. The van der Waals surface area contributed by atoms with E-state index in [1.165, 1.54) is 0 Å². The maximum absolute atomic E-state index is 4.43. The van der Waals surface area contributed by atoms with E-state index in [0.29, 0.717) is 12.5 Å². The zero-order valence-electron chi connectivity index (χ0n) is 12.1. The molecule has 6 nitrogen and oxygen atoms in total. The predicted molar refractivity (Wildman–Crippen MR) is 79.6 cm³/mol. The number of aryl methyl sites for hydroxylation is 2. The van der Waals surface area contributed by atoms with Gasteiger partial charge < -0.3 is 10.6 Å². The van der Waals surface area contributed by atoms with Crippen LogP contribution < -0.4 is 10.6 Å². The molecule has 0 bridgehead atoms. The van der Waals surface area contributed by atoms with E-state index in [4.69, 9.17) is 0 Å². The van der Waals surface area contributed by atoms with Crippen molar-refractivity contribution in [3.8, 4) is 0 Å². The lowest BCUT2D eigenvalue weighted by molar-refractivity contribution is 0.931. The average molecular weight is 272 g/mol. The molecule has 0 atom stereocenters. The number of nitrogens with one attached hydrogen (secondary N) is 2. The number of aromatic nitrogens is 4. The van der Waals surface area contributed by atoms with Crippen molar-refractivity contribution < 1.29 is 0 Å². The first kappa shape index (κ1) is 14.2. The Morgan fingerprint density at radius 3 is 2.70 bits per heavy atom. The zero-order valence-corrected chi connectivity index (χ0v) is 12.1. The predicted octanol–water partition coefficient (Wildman–Crippen LogP) is 2.32. The SMILES string of the molecule is CCCNc1nc(C)cc(NCc2ccnc(C)n2)n1. The summed E-state index contributed by atoms with van der Waals surface area (Å²) < 4.78 is 0. The molecule has 2 heterocycles. The lowest BCUT2D eigenvalue weighted by Crippen LogP contribution is -2.09. The molecule has 2 rings (SSSR count). The zero-order chi connectivity index (χ0) is 14.4.